The average Bonchev–Trinajstić information content (AvgIpc) is 2.53. The molecule has 1 atom stereocenters. The Morgan fingerprint density at radius 3 is 2.81 bits per heavy atom. The van der Waals surface area contributed by atoms with Gasteiger partial charge in [0, 0.05) is 19.3 Å². The first-order valence-corrected chi connectivity index (χ1v) is 7.04. The van der Waals surface area contributed by atoms with Crippen molar-refractivity contribution in [2.45, 2.75) is 25.3 Å². The summed E-state index contributed by atoms with van der Waals surface area (Å²) < 4.78 is 5.23. The normalized spacial score (nSPS) is 18.2. The Morgan fingerprint density at radius 2 is 2.14 bits per heavy atom. The lowest BCUT2D eigenvalue weighted by Crippen LogP contribution is -2.51. The lowest BCUT2D eigenvalue weighted by Gasteiger charge is -2.34. The maximum absolute atomic E-state index is 12.8. The van der Waals surface area contributed by atoms with Crippen LogP contribution in [0.3, 0.4) is 0 Å². The summed E-state index contributed by atoms with van der Waals surface area (Å²) in [6, 6.07) is 4.52. The number of nitrogens with zero attached hydrogens (tertiary/aromatic N) is 1. The van der Waals surface area contributed by atoms with Gasteiger partial charge in [0.05, 0.1) is 12.7 Å². The predicted octanol–water partition coefficient (Wildman–Crippen LogP) is 1.02. The molecule has 21 heavy (non-hydrogen) atoms. The zero-order valence-corrected chi connectivity index (χ0v) is 12.4. The molecule has 6 nitrogen and oxygen atoms in total. The van der Waals surface area contributed by atoms with E-state index in [1.807, 2.05) is 0 Å². The van der Waals surface area contributed by atoms with Gasteiger partial charge < -0.3 is 20.7 Å². The van der Waals surface area contributed by atoms with Gasteiger partial charge in [-0.25, -0.2) is 0 Å². The molecule has 114 valence electrons. The summed E-state index contributed by atoms with van der Waals surface area (Å²) >= 11 is 0. The first-order valence-electron chi connectivity index (χ1n) is 7.04. The fourth-order valence-corrected chi connectivity index (χ4v) is 2.66. The van der Waals surface area contributed by atoms with Crippen molar-refractivity contribution in [2.75, 3.05) is 26.4 Å². The molecule has 1 aromatic carbocycles. The predicted molar refractivity (Wildman–Crippen MR) is 80.1 cm³/mol. The van der Waals surface area contributed by atoms with Crippen molar-refractivity contribution in [1.82, 2.24) is 10.2 Å². The Labute approximate surface area is 124 Å². The van der Waals surface area contributed by atoms with Crippen molar-refractivity contribution < 1.29 is 14.3 Å². The van der Waals surface area contributed by atoms with Gasteiger partial charge in [0.1, 0.15) is 11.8 Å². The van der Waals surface area contributed by atoms with Crippen LogP contribution in [0, 0.1) is 0 Å². The van der Waals surface area contributed by atoms with Crippen molar-refractivity contribution in [3.05, 3.63) is 23.8 Å². The molecule has 1 aliphatic heterocycles. The number of ether oxygens (including phenoxy) is 1. The lowest BCUT2D eigenvalue weighted by molar-refractivity contribution is -0.126. The molecule has 0 saturated carbocycles. The van der Waals surface area contributed by atoms with E-state index in [9.17, 15) is 9.59 Å². The monoisotopic (exact) mass is 291 g/mol. The van der Waals surface area contributed by atoms with Crippen molar-refractivity contribution >= 4 is 17.5 Å². The van der Waals surface area contributed by atoms with Gasteiger partial charge in [0.25, 0.3) is 5.91 Å². The van der Waals surface area contributed by atoms with Crippen LogP contribution in [0.25, 0.3) is 0 Å². The molecular weight excluding hydrogens is 270 g/mol. The van der Waals surface area contributed by atoms with Gasteiger partial charge in [-0.05, 0) is 37.5 Å². The summed E-state index contributed by atoms with van der Waals surface area (Å²) in [5.74, 6) is 0.119. The third-order valence-corrected chi connectivity index (χ3v) is 3.77. The molecule has 3 N–H and O–H groups in total. The Bertz CT molecular complexity index is 545. The fraction of sp³-hybridized carbons (Fsp3) is 0.467. The van der Waals surface area contributed by atoms with Crippen molar-refractivity contribution in [3.8, 4) is 5.75 Å². The minimum atomic E-state index is -0.428. The molecule has 2 rings (SSSR count). The number of nitrogens with two attached hydrogens (primary N) is 1. The van der Waals surface area contributed by atoms with Crippen LogP contribution in [0.4, 0.5) is 5.69 Å². The van der Waals surface area contributed by atoms with Crippen LogP contribution in [0.5, 0.6) is 5.75 Å². The third kappa shape index (κ3) is 3.09. The molecule has 1 heterocycles. The van der Waals surface area contributed by atoms with Gasteiger partial charge in [-0.3, -0.25) is 9.59 Å². The van der Waals surface area contributed by atoms with Crippen LogP contribution in [0.15, 0.2) is 18.2 Å². The average molecular weight is 291 g/mol. The quantitative estimate of drug-likeness (QED) is 0.814. The van der Waals surface area contributed by atoms with Crippen LogP contribution in [0.1, 0.15) is 29.6 Å². The molecule has 0 radical (unpaired) electrons. The Hall–Kier alpha value is -2.24. The van der Waals surface area contributed by atoms with E-state index < -0.39 is 6.04 Å². The maximum atomic E-state index is 12.8. The molecule has 1 unspecified atom stereocenters. The molecule has 1 aliphatic rings. The summed E-state index contributed by atoms with van der Waals surface area (Å²) in [6.45, 7) is 0.564. The topological polar surface area (TPSA) is 84.7 Å². The summed E-state index contributed by atoms with van der Waals surface area (Å²) in [4.78, 5) is 26.4. The van der Waals surface area contributed by atoms with Crippen molar-refractivity contribution in [2.24, 2.45) is 0 Å². The molecule has 2 amide bonds. The van der Waals surface area contributed by atoms with E-state index in [0.29, 0.717) is 30.0 Å². The number of rotatable bonds is 3. The smallest absolute Gasteiger partial charge is 0.258 e. The fourth-order valence-electron chi connectivity index (χ4n) is 2.66. The Morgan fingerprint density at radius 1 is 1.38 bits per heavy atom. The van der Waals surface area contributed by atoms with Crippen LogP contribution >= 0.6 is 0 Å². The third-order valence-electron chi connectivity index (χ3n) is 3.77. The standard InChI is InChI=1S/C15H21N3O3/c1-17-14(19)12-5-3-4-8-18(12)15(20)11-9-10(16)6-7-13(11)21-2/h6-7,9,12H,3-5,8,16H2,1-2H3,(H,17,19). The highest BCUT2D eigenvalue weighted by atomic mass is 16.5. The van der Waals surface area contributed by atoms with Crippen LogP contribution < -0.4 is 15.8 Å². The van der Waals surface area contributed by atoms with Crippen molar-refractivity contribution in [1.29, 1.82) is 0 Å². The van der Waals surface area contributed by atoms with Gasteiger partial charge in [-0.15, -0.1) is 0 Å². The number of benzene rings is 1. The zero-order chi connectivity index (χ0) is 15.4. The largest absolute Gasteiger partial charge is 0.496 e. The number of piperidine rings is 1. The van der Waals surface area contributed by atoms with Gasteiger partial charge in [0.2, 0.25) is 5.91 Å². The highest BCUT2D eigenvalue weighted by Crippen LogP contribution is 2.26. The van der Waals surface area contributed by atoms with Crippen molar-refractivity contribution in [3.63, 3.8) is 0 Å². The van der Waals surface area contributed by atoms with E-state index in [1.165, 1.54) is 7.11 Å². The first-order chi connectivity index (χ1) is 10.1. The molecule has 0 aliphatic carbocycles. The molecule has 0 spiro atoms. The maximum Gasteiger partial charge on any atom is 0.258 e. The minimum absolute atomic E-state index is 0.133. The second-order valence-corrected chi connectivity index (χ2v) is 5.08. The molecule has 1 aromatic rings. The number of nitrogen functional groups attached to an aromatic ring is 1. The highest BCUT2D eigenvalue weighted by molar-refractivity contribution is 6.00. The highest BCUT2D eigenvalue weighted by Gasteiger charge is 2.33. The SMILES string of the molecule is CNC(=O)C1CCCCN1C(=O)c1cc(N)ccc1OC. The van der Waals surface area contributed by atoms with Gasteiger partial charge >= 0.3 is 0 Å². The summed E-state index contributed by atoms with van der Waals surface area (Å²) in [6.07, 6.45) is 2.51. The van der Waals surface area contributed by atoms with E-state index in [-0.39, 0.29) is 11.8 Å². The number of amides is 2. The minimum Gasteiger partial charge on any atom is -0.496 e. The van der Waals surface area contributed by atoms with E-state index in [4.69, 9.17) is 10.5 Å². The molecular formula is C15H21N3O3. The number of anilines is 1. The van der Waals surface area contributed by atoms with E-state index in [0.717, 1.165) is 12.8 Å². The van der Waals surface area contributed by atoms with E-state index in [1.54, 1.807) is 30.1 Å². The number of likely N-dealkylation sites (tertiary alicyclic amines) is 1. The molecule has 1 saturated heterocycles. The van der Waals surface area contributed by atoms with Crippen LogP contribution in [0.2, 0.25) is 0 Å². The number of methoxy groups -OCH3 is 1. The Kier molecular flexibility index (Phi) is 4.67. The van der Waals surface area contributed by atoms with Gasteiger partial charge in [-0.2, -0.15) is 0 Å². The number of likely N-dealkylation sites (N-methyl/N-ethyl adjacent to an activating group) is 1. The first kappa shape index (κ1) is 15.2. The number of carbonyl (C=O) groups is 2. The summed E-state index contributed by atoms with van der Waals surface area (Å²) in [5, 5.41) is 2.62. The number of hydrogen-bond donors (Lipinski definition) is 2. The molecule has 0 bridgehead atoms. The summed E-state index contributed by atoms with van der Waals surface area (Å²) in [5.41, 5.74) is 6.65. The van der Waals surface area contributed by atoms with Gasteiger partial charge in [-0.1, -0.05) is 0 Å². The van der Waals surface area contributed by atoms with E-state index in [2.05, 4.69) is 5.32 Å². The number of hydrogen-bond acceptors (Lipinski definition) is 4. The molecule has 1 fully saturated rings. The van der Waals surface area contributed by atoms with Crippen LogP contribution in [-0.4, -0.2) is 43.5 Å². The van der Waals surface area contributed by atoms with E-state index >= 15 is 0 Å². The summed E-state index contributed by atoms with van der Waals surface area (Å²) in [7, 11) is 3.09. The van der Waals surface area contributed by atoms with Crippen LogP contribution in [-0.2, 0) is 4.79 Å². The number of nitrogens with one attached hydrogen (secondary N) is 1. The molecule has 6 heteroatoms. The second kappa shape index (κ2) is 6.47. The lowest BCUT2D eigenvalue weighted by atomic mass is 9.99. The number of carbonyl (C=O) groups excluding carboxylic acids is 2. The molecule has 0 aromatic heterocycles. The zero-order valence-electron chi connectivity index (χ0n) is 12.4. The van der Waals surface area contributed by atoms with Gasteiger partial charge in [0.15, 0.2) is 0 Å². The Balaban J connectivity index is 2.33. The second-order valence-electron chi connectivity index (χ2n) is 5.08.